The van der Waals surface area contributed by atoms with Crippen molar-refractivity contribution in [2.24, 2.45) is 22.7 Å². The number of hydrogen-bond donors (Lipinski definition) is 0. The van der Waals surface area contributed by atoms with E-state index in [-0.39, 0.29) is 11.9 Å². The van der Waals surface area contributed by atoms with Crippen LogP contribution in [0.3, 0.4) is 0 Å². The van der Waals surface area contributed by atoms with Gasteiger partial charge in [0, 0.05) is 13.0 Å². The van der Waals surface area contributed by atoms with Gasteiger partial charge in [0.15, 0.2) is 6.29 Å². The highest BCUT2D eigenvalue weighted by molar-refractivity contribution is 5.10. The highest BCUT2D eigenvalue weighted by atomic mass is 16.7. The summed E-state index contributed by atoms with van der Waals surface area (Å²) in [5, 5.41) is 0. The summed E-state index contributed by atoms with van der Waals surface area (Å²) in [6.07, 6.45) is 7.84. The Hall–Kier alpha value is -0.0800. The summed E-state index contributed by atoms with van der Waals surface area (Å²) in [5.74, 6) is 1.52. The molecule has 3 rings (SSSR count). The van der Waals surface area contributed by atoms with Gasteiger partial charge >= 0.3 is 0 Å². The van der Waals surface area contributed by atoms with Gasteiger partial charge in [-0.1, -0.05) is 27.2 Å². The number of ether oxygens (including phenoxy) is 2. The Morgan fingerprint density at radius 3 is 2.50 bits per heavy atom. The topological polar surface area (TPSA) is 18.5 Å². The number of hydrogen-bond acceptors (Lipinski definition) is 2. The maximum Gasteiger partial charge on any atom is 0.158 e. The summed E-state index contributed by atoms with van der Waals surface area (Å²) in [7, 11) is 0. The lowest BCUT2D eigenvalue weighted by Gasteiger charge is -2.60. The molecule has 2 nitrogen and oxygen atoms in total. The molecule has 20 heavy (non-hydrogen) atoms. The highest BCUT2D eigenvalue weighted by Crippen LogP contribution is 2.65. The molecule has 3 aliphatic rings. The van der Waals surface area contributed by atoms with E-state index in [9.17, 15) is 0 Å². The Morgan fingerprint density at radius 2 is 1.80 bits per heavy atom. The van der Waals surface area contributed by atoms with Gasteiger partial charge in [-0.15, -0.1) is 0 Å². The van der Waals surface area contributed by atoms with Crippen molar-refractivity contribution in [2.45, 2.75) is 85.0 Å². The molecule has 0 amide bonds. The van der Waals surface area contributed by atoms with E-state index in [1.807, 2.05) is 0 Å². The molecule has 0 aromatic heterocycles. The smallest absolute Gasteiger partial charge is 0.158 e. The Bertz CT molecular complexity index is 378. The van der Waals surface area contributed by atoms with Gasteiger partial charge in [-0.25, -0.2) is 0 Å². The molecule has 2 saturated carbocycles. The van der Waals surface area contributed by atoms with Crippen LogP contribution in [0.5, 0.6) is 0 Å². The van der Waals surface area contributed by atoms with Crippen molar-refractivity contribution in [1.29, 1.82) is 0 Å². The molecular formula is C18H32O2. The molecule has 1 aliphatic heterocycles. The van der Waals surface area contributed by atoms with Crippen LogP contribution >= 0.6 is 0 Å². The van der Waals surface area contributed by atoms with Gasteiger partial charge < -0.3 is 9.47 Å². The van der Waals surface area contributed by atoms with Crippen molar-refractivity contribution in [3.8, 4) is 0 Å². The van der Waals surface area contributed by atoms with E-state index in [1.165, 1.54) is 32.1 Å². The maximum atomic E-state index is 6.35. The molecule has 5 atom stereocenters. The summed E-state index contributed by atoms with van der Waals surface area (Å²) >= 11 is 0. The first-order valence-corrected chi connectivity index (χ1v) is 8.61. The van der Waals surface area contributed by atoms with Gasteiger partial charge in [-0.05, 0) is 62.2 Å². The van der Waals surface area contributed by atoms with Gasteiger partial charge in [0.05, 0.1) is 5.60 Å². The fraction of sp³-hybridized carbons (Fsp3) is 1.00. The van der Waals surface area contributed by atoms with Crippen LogP contribution in [0, 0.1) is 22.7 Å². The van der Waals surface area contributed by atoms with E-state index in [2.05, 4.69) is 34.6 Å². The number of fused-ring (bicyclic) bond motifs is 3. The summed E-state index contributed by atoms with van der Waals surface area (Å²) < 4.78 is 12.2. The molecule has 2 heteroatoms. The van der Waals surface area contributed by atoms with E-state index in [0.29, 0.717) is 16.7 Å². The Labute approximate surface area is 124 Å². The van der Waals surface area contributed by atoms with E-state index >= 15 is 0 Å². The van der Waals surface area contributed by atoms with Crippen LogP contribution in [0.1, 0.15) is 73.1 Å². The van der Waals surface area contributed by atoms with Crippen LogP contribution in [0.25, 0.3) is 0 Å². The van der Waals surface area contributed by atoms with Crippen LogP contribution in [0.2, 0.25) is 0 Å². The monoisotopic (exact) mass is 280 g/mol. The van der Waals surface area contributed by atoms with Gasteiger partial charge in [0.1, 0.15) is 0 Å². The van der Waals surface area contributed by atoms with Crippen molar-refractivity contribution in [2.75, 3.05) is 6.61 Å². The summed E-state index contributed by atoms with van der Waals surface area (Å²) in [6.45, 7) is 12.7. The number of rotatable bonds is 2. The molecule has 116 valence electrons. The third-order valence-corrected chi connectivity index (χ3v) is 6.92. The predicted molar refractivity (Wildman–Crippen MR) is 81.5 cm³/mol. The zero-order chi connectivity index (χ0) is 14.6. The first-order chi connectivity index (χ1) is 9.32. The molecule has 2 aliphatic carbocycles. The lowest BCUT2D eigenvalue weighted by molar-refractivity contribution is -0.194. The predicted octanol–water partition coefficient (Wildman–Crippen LogP) is 4.77. The standard InChI is InChI=1S/C18H32O2/c1-6-19-15-12-14-17(4)10-7-9-16(2,3)13(17)8-11-18(14,5)20-15/h13-15H,6-12H2,1-5H3/t13-,14+,15?,17-,18+/m0/s1. The van der Waals surface area contributed by atoms with Crippen LogP contribution in [0.15, 0.2) is 0 Å². The zero-order valence-electron chi connectivity index (χ0n) is 14.0. The van der Waals surface area contributed by atoms with Crippen LogP contribution in [-0.4, -0.2) is 18.5 Å². The molecule has 1 unspecified atom stereocenters. The summed E-state index contributed by atoms with van der Waals surface area (Å²) in [6, 6.07) is 0. The van der Waals surface area contributed by atoms with Crippen LogP contribution in [0.4, 0.5) is 0 Å². The van der Waals surface area contributed by atoms with Gasteiger partial charge in [0.25, 0.3) is 0 Å². The second-order valence-electron chi connectivity index (χ2n) is 8.54. The van der Waals surface area contributed by atoms with Gasteiger partial charge in [0.2, 0.25) is 0 Å². The van der Waals surface area contributed by atoms with Crippen LogP contribution in [-0.2, 0) is 9.47 Å². The third kappa shape index (κ3) is 2.06. The fourth-order valence-corrected chi connectivity index (χ4v) is 6.09. The van der Waals surface area contributed by atoms with Gasteiger partial charge in [-0.2, -0.15) is 0 Å². The van der Waals surface area contributed by atoms with Crippen molar-refractivity contribution in [3.63, 3.8) is 0 Å². The van der Waals surface area contributed by atoms with Crippen molar-refractivity contribution in [3.05, 3.63) is 0 Å². The Morgan fingerprint density at radius 1 is 1.05 bits per heavy atom. The molecule has 0 aromatic carbocycles. The molecular weight excluding hydrogens is 248 g/mol. The highest BCUT2D eigenvalue weighted by Gasteiger charge is 2.62. The minimum absolute atomic E-state index is 0.0376. The summed E-state index contributed by atoms with van der Waals surface area (Å²) in [5.41, 5.74) is 0.997. The maximum absolute atomic E-state index is 6.35. The van der Waals surface area contributed by atoms with Crippen molar-refractivity contribution in [1.82, 2.24) is 0 Å². The summed E-state index contributed by atoms with van der Waals surface area (Å²) in [4.78, 5) is 0. The van der Waals surface area contributed by atoms with E-state index in [4.69, 9.17) is 9.47 Å². The molecule has 0 spiro atoms. The Balaban J connectivity index is 1.89. The zero-order valence-corrected chi connectivity index (χ0v) is 14.0. The fourth-order valence-electron chi connectivity index (χ4n) is 6.09. The van der Waals surface area contributed by atoms with E-state index in [0.717, 1.165) is 18.9 Å². The second kappa shape index (κ2) is 4.71. The minimum atomic E-state index is 0.0376. The first kappa shape index (κ1) is 14.8. The lowest BCUT2D eigenvalue weighted by atomic mass is 9.45. The second-order valence-corrected chi connectivity index (χ2v) is 8.54. The molecule has 1 heterocycles. The molecule has 0 radical (unpaired) electrons. The third-order valence-electron chi connectivity index (χ3n) is 6.92. The van der Waals surface area contributed by atoms with Crippen LogP contribution < -0.4 is 0 Å². The normalized spacial score (nSPS) is 50.5. The van der Waals surface area contributed by atoms with Crippen molar-refractivity contribution < 1.29 is 9.47 Å². The Kier molecular flexibility index (Phi) is 3.49. The van der Waals surface area contributed by atoms with Crippen molar-refractivity contribution >= 4 is 0 Å². The largest absolute Gasteiger partial charge is 0.353 e. The molecule has 3 fully saturated rings. The molecule has 0 bridgehead atoms. The molecule has 1 saturated heterocycles. The van der Waals surface area contributed by atoms with Gasteiger partial charge in [-0.3, -0.25) is 0 Å². The minimum Gasteiger partial charge on any atom is -0.353 e. The average molecular weight is 280 g/mol. The molecule has 0 N–H and O–H groups in total. The van der Waals surface area contributed by atoms with E-state index in [1.54, 1.807) is 0 Å². The lowest BCUT2D eigenvalue weighted by Crippen LogP contribution is -2.55. The first-order valence-electron chi connectivity index (χ1n) is 8.61. The quantitative estimate of drug-likeness (QED) is 0.725. The SMILES string of the molecule is CCOC1C[C@@H]2[C@@]3(C)CCCC(C)(C)[C@@H]3CC[C@@]2(C)O1. The average Bonchev–Trinajstić information content (AvgIpc) is 2.66. The van der Waals surface area contributed by atoms with E-state index < -0.39 is 0 Å². The molecule has 0 aromatic rings.